The van der Waals surface area contributed by atoms with Gasteiger partial charge in [-0.1, -0.05) is 0 Å². The van der Waals surface area contributed by atoms with Crippen molar-refractivity contribution in [2.75, 3.05) is 24.2 Å². The first kappa shape index (κ1) is 11.3. The monoisotopic (exact) mass is 242 g/mol. The summed E-state index contributed by atoms with van der Waals surface area (Å²) in [6.07, 6.45) is 2.05. The Morgan fingerprint density at radius 3 is 3.06 bits per heavy atom. The van der Waals surface area contributed by atoms with Crippen LogP contribution in [0, 0.1) is 0 Å². The Morgan fingerprint density at radius 2 is 2.31 bits per heavy atom. The van der Waals surface area contributed by atoms with Crippen molar-refractivity contribution in [2.45, 2.75) is 12.2 Å². The zero-order valence-corrected chi connectivity index (χ0v) is 9.63. The molecule has 6 nitrogen and oxygen atoms in total. The number of fused-ring (bicyclic) bond motifs is 1. The molecule has 88 valence electrons. The van der Waals surface area contributed by atoms with Crippen LogP contribution in [0.25, 0.3) is 0 Å². The number of nitrogens with two attached hydrogens (primary N) is 1. The van der Waals surface area contributed by atoms with Gasteiger partial charge < -0.3 is 11.1 Å². The van der Waals surface area contributed by atoms with E-state index in [2.05, 4.69) is 15.3 Å². The maximum atomic E-state index is 11.4. The maximum absolute atomic E-state index is 11.4. The van der Waals surface area contributed by atoms with Gasteiger partial charge in [0.15, 0.2) is 9.84 Å². The molecule has 0 saturated heterocycles. The molecule has 1 aromatic heterocycles. The highest BCUT2D eigenvalue weighted by Crippen LogP contribution is 2.18. The third-order valence-electron chi connectivity index (χ3n) is 2.41. The van der Waals surface area contributed by atoms with Crippen molar-refractivity contribution < 1.29 is 8.42 Å². The van der Waals surface area contributed by atoms with E-state index in [1.807, 2.05) is 0 Å². The Morgan fingerprint density at radius 1 is 1.50 bits per heavy atom. The molecule has 7 heteroatoms. The van der Waals surface area contributed by atoms with Gasteiger partial charge >= 0.3 is 0 Å². The summed E-state index contributed by atoms with van der Waals surface area (Å²) in [5.41, 5.74) is 6.89. The number of anilines is 1. The van der Waals surface area contributed by atoms with E-state index in [0.717, 1.165) is 5.69 Å². The van der Waals surface area contributed by atoms with Crippen molar-refractivity contribution >= 4 is 15.8 Å². The predicted molar refractivity (Wildman–Crippen MR) is 60.8 cm³/mol. The molecule has 1 aromatic rings. The molecule has 0 amide bonds. The standard InChI is InChI=1S/C9H14N4O2S/c10-2-3-11-9-12-5-7-6-16(14,15)4-1-8(7)13-9/h5H,1-4,6,10H2,(H,11,12,13). The van der Waals surface area contributed by atoms with Gasteiger partial charge in [0.05, 0.1) is 17.2 Å². The first-order valence-electron chi connectivity index (χ1n) is 5.10. The van der Waals surface area contributed by atoms with Gasteiger partial charge in [-0.3, -0.25) is 0 Å². The average molecular weight is 242 g/mol. The molecule has 2 heterocycles. The summed E-state index contributed by atoms with van der Waals surface area (Å²) < 4.78 is 22.8. The van der Waals surface area contributed by atoms with Crippen LogP contribution in [-0.2, 0) is 22.0 Å². The fourth-order valence-corrected chi connectivity index (χ4v) is 2.97. The van der Waals surface area contributed by atoms with Crippen molar-refractivity contribution in [2.24, 2.45) is 5.73 Å². The van der Waals surface area contributed by atoms with E-state index in [9.17, 15) is 8.42 Å². The van der Waals surface area contributed by atoms with Gasteiger partial charge in [-0.05, 0) is 0 Å². The third-order valence-corrected chi connectivity index (χ3v) is 3.98. The third kappa shape index (κ3) is 2.48. The van der Waals surface area contributed by atoms with E-state index in [1.165, 1.54) is 0 Å². The predicted octanol–water partition coefficient (Wildman–Crippen LogP) is -0.682. The van der Waals surface area contributed by atoms with Crippen LogP contribution < -0.4 is 11.1 Å². The number of rotatable bonds is 3. The van der Waals surface area contributed by atoms with Crippen molar-refractivity contribution in [3.8, 4) is 0 Å². The number of sulfone groups is 1. The van der Waals surface area contributed by atoms with Crippen LogP contribution in [0.5, 0.6) is 0 Å². The SMILES string of the molecule is NCCNc1ncc2c(n1)CCS(=O)(=O)C2. The molecule has 0 saturated carbocycles. The number of hydrogen-bond acceptors (Lipinski definition) is 6. The first-order valence-corrected chi connectivity index (χ1v) is 6.92. The Balaban J connectivity index is 2.21. The Hall–Kier alpha value is -1.21. The number of aryl methyl sites for hydroxylation is 1. The van der Waals surface area contributed by atoms with Crippen molar-refractivity contribution in [3.05, 3.63) is 17.5 Å². The van der Waals surface area contributed by atoms with E-state index in [4.69, 9.17) is 5.73 Å². The fraction of sp³-hybridized carbons (Fsp3) is 0.556. The molecule has 0 aromatic carbocycles. The average Bonchev–Trinajstić information content (AvgIpc) is 2.25. The molecule has 1 aliphatic heterocycles. The lowest BCUT2D eigenvalue weighted by Gasteiger charge is -2.15. The second-order valence-electron chi connectivity index (χ2n) is 3.72. The molecular formula is C9H14N4O2S. The van der Waals surface area contributed by atoms with E-state index in [0.29, 0.717) is 31.0 Å². The van der Waals surface area contributed by atoms with E-state index >= 15 is 0 Å². The van der Waals surface area contributed by atoms with Gasteiger partial charge in [0.25, 0.3) is 0 Å². The lowest BCUT2D eigenvalue weighted by molar-refractivity contribution is 0.590. The van der Waals surface area contributed by atoms with Crippen LogP contribution in [0.4, 0.5) is 5.95 Å². The molecule has 0 spiro atoms. The zero-order chi connectivity index (χ0) is 11.6. The summed E-state index contributed by atoms with van der Waals surface area (Å²) in [5, 5.41) is 2.97. The highest BCUT2D eigenvalue weighted by molar-refractivity contribution is 7.90. The van der Waals surface area contributed by atoms with Crippen LogP contribution in [0.2, 0.25) is 0 Å². The number of nitrogens with zero attached hydrogens (tertiary/aromatic N) is 2. The molecule has 0 atom stereocenters. The second-order valence-corrected chi connectivity index (χ2v) is 5.91. The summed E-state index contributed by atoms with van der Waals surface area (Å²) in [5.74, 6) is 0.746. The van der Waals surface area contributed by atoms with Gasteiger partial charge in [-0.2, -0.15) is 0 Å². The van der Waals surface area contributed by atoms with Gasteiger partial charge in [-0.25, -0.2) is 18.4 Å². The quantitative estimate of drug-likeness (QED) is 0.728. The highest BCUT2D eigenvalue weighted by Gasteiger charge is 2.22. The molecule has 3 N–H and O–H groups in total. The van der Waals surface area contributed by atoms with Crippen LogP contribution in [0.1, 0.15) is 11.3 Å². The van der Waals surface area contributed by atoms with Gasteiger partial charge in [-0.15, -0.1) is 0 Å². The van der Waals surface area contributed by atoms with Crippen LogP contribution in [0.15, 0.2) is 6.20 Å². The van der Waals surface area contributed by atoms with Gasteiger partial charge in [0.1, 0.15) is 0 Å². The summed E-state index contributed by atoms with van der Waals surface area (Å²) in [7, 11) is -2.95. The van der Waals surface area contributed by atoms with E-state index in [1.54, 1.807) is 6.20 Å². The number of hydrogen-bond donors (Lipinski definition) is 2. The minimum Gasteiger partial charge on any atom is -0.353 e. The molecule has 16 heavy (non-hydrogen) atoms. The van der Waals surface area contributed by atoms with Gasteiger partial charge in [0.2, 0.25) is 5.95 Å². The smallest absolute Gasteiger partial charge is 0.222 e. The minimum atomic E-state index is -2.95. The maximum Gasteiger partial charge on any atom is 0.222 e. The summed E-state index contributed by atoms with van der Waals surface area (Å²) in [6, 6.07) is 0. The molecule has 2 rings (SSSR count). The van der Waals surface area contributed by atoms with Gasteiger partial charge in [0, 0.05) is 31.3 Å². The lowest BCUT2D eigenvalue weighted by atomic mass is 10.2. The fourth-order valence-electron chi connectivity index (χ4n) is 1.61. The van der Waals surface area contributed by atoms with Crippen LogP contribution >= 0.6 is 0 Å². The summed E-state index contributed by atoms with van der Waals surface area (Å²) in [6.45, 7) is 1.12. The summed E-state index contributed by atoms with van der Waals surface area (Å²) in [4.78, 5) is 8.33. The van der Waals surface area contributed by atoms with Crippen molar-refractivity contribution in [1.82, 2.24) is 9.97 Å². The van der Waals surface area contributed by atoms with Crippen LogP contribution in [-0.4, -0.2) is 37.2 Å². The Bertz CT molecular complexity index is 486. The normalized spacial score (nSPS) is 17.8. The molecule has 1 aliphatic rings. The molecule has 0 bridgehead atoms. The molecule has 0 radical (unpaired) electrons. The second kappa shape index (κ2) is 4.34. The number of aromatic nitrogens is 2. The molecular weight excluding hydrogens is 228 g/mol. The van der Waals surface area contributed by atoms with Crippen molar-refractivity contribution in [1.29, 1.82) is 0 Å². The summed E-state index contributed by atoms with van der Waals surface area (Å²) >= 11 is 0. The highest BCUT2D eigenvalue weighted by atomic mass is 32.2. The number of nitrogens with one attached hydrogen (secondary N) is 1. The van der Waals surface area contributed by atoms with E-state index < -0.39 is 9.84 Å². The lowest BCUT2D eigenvalue weighted by Crippen LogP contribution is -2.22. The molecule has 0 aliphatic carbocycles. The molecule has 0 fully saturated rings. The Kier molecular flexibility index (Phi) is 3.06. The zero-order valence-electron chi connectivity index (χ0n) is 8.81. The van der Waals surface area contributed by atoms with E-state index in [-0.39, 0.29) is 11.5 Å². The van der Waals surface area contributed by atoms with Crippen LogP contribution in [0.3, 0.4) is 0 Å². The van der Waals surface area contributed by atoms with Crippen molar-refractivity contribution in [3.63, 3.8) is 0 Å². The first-order chi connectivity index (χ1) is 7.61. The topological polar surface area (TPSA) is 98.0 Å². The largest absolute Gasteiger partial charge is 0.353 e. The Labute approximate surface area is 94.2 Å². The molecule has 0 unspecified atom stereocenters. The minimum absolute atomic E-state index is 0.0551.